The van der Waals surface area contributed by atoms with Gasteiger partial charge in [-0.15, -0.1) is 11.3 Å². The average molecular weight is 396 g/mol. The lowest BCUT2D eigenvalue weighted by Gasteiger charge is -2.26. The molecule has 5 heteroatoms. The molecule has 0 amide bonds. The van der Waals surface area contributed by atoms with Crippen LogP contribution in [0.15, 0.2) is 40.9 Å². The summed E-state index contributed by atoms with van der Waals surface area (Å²) in [5, 5.41) is 12.8. The average Bonchev–Trinajstić information content (AvgIpc) is 3.00. The van der Waals surface area contributed by atoms with Gasteiger partial charge in [-0.05, 0) is 31.0 Å². The molecule has 124 valence electrons. The molecule has 0 saturated heterocycles. The minimum atomic E-state index is -0.713. The lowest BCUT2D eigenvalue weighted by atomic mass is 9.82. The zero-order valence-corrected chi connectivity index (χ0v) is 15.8. The SMILES string of the molecule is CCC(CC)(CNCc1ccc(-c2ccccc2Br)s1)C(=O)O. The number of halogens is 1. The third kappa shape index (κ3) is 4.22. The van der Waals surface area contributed by atoms with Gasteiger partial charge >= 0.3 is 5.97 Å². The third-order valence-electron chi connectivity index (χ3n) is 4.37. The van der Waals surface area contributed by atoms with E-state index in [2.05, 4.69) is 39.4 Å². The molecule has 0 aliphatic rings. The Hall–Kier alpha value is -1.17. The molecule has 23 heavy (non-hydrogen) atoms. The van der Waals surface area contributed by atoms with Crippen molar-refractivity contribution in [2.75, 3.05) is 6.54 Å². The fourth-order valence-electron chi connectivity index (χ4n) is 2.58. The first-order valence-corrected chi connectivity index (χ1v) is 9.41. The minimum Gasteiger partial charge on any atom is -0.481 e. The van der Waals surface area contributed by atoms with Gasteiger partial charge in [0.05, 0.1) is 5.41 Å². The van der Waals surface area contributed by atoms with E-state index in [1.807, 2.05) is 32.0 Å². The number of carboxylic acids is 1. The number of aliphatic carboxylic acids is 1. The Bertz CT molecular complexity index is 665. The first-order chi connectivity index (χ1) is 11.0. The van der Waals surface area contributed by atoms with Crippen LogP contribution in [-0.4, -0.2) is 17.6 Å². The molecule has 1 heterocycles. The van der Waals surface area contributed by atoms with E-state index in [9.17, 15) is 9.90 Å². The van der Waals surface area contributed by atoms with Crippen LogP contribution in [-0.2, 0) is 11.3 Å². The standard InChI is InChI=1S/C18H22BrNO2S/c1-3-18(4-2,17(21)22)12-20-11-13-9-10-16(23-13)14-7-5-6-8-15(14)19/h5-10,20H,3-4,11-12H2,1-2H3,(H,21,22). The van der Waals surface area contributed by atoms with Crippen LogP contribution in [0.25, 0.3) is 10.4 Å². The topological polar surface area (TPSA) is 49.3 Å². The zero-order valence-electron chi connectivity index (χ0n) is 13.4. The second-order valence-electron chi connectivity index (χ2n) is 5.64. The van der Waals surface area contributed by atoms with Crippen LogP contribution < -0.4 is 5.32 Å². The molecule has 0 spiro atoms. The van der Waals surface area contributed by atoms with Gasteiger partial charge in [0.2, 0.25) is 0 Å². The van der Waals surface area contributed by atoms with Gasteiger partial charge in [0.25, 0.3) is 0 Å². The molecule has 0 aliphatic heterocycles. The molecule has 0 unspecified atom stereocenters. The summed E-state index contributed by atoms with van der Waals surface area (Å²) in [5.74, 6) is -0.713. The van der Waals surface area contributed by atoms with E-state index < -0.39 is 11.4 Å². The van der Waals surface area contributed by atoms with Gasteiger partial charge in [-0.1, -0.05) is 48.0 Å². The fraction of sp³-hybridized carbons (Fsp3) is 0.389. The zero-order chi connectivity index (χ0) is 16.9. The molecule has 0 saturated carbocycles. The third-order valence-corrected chi connectivity index (χ3v) is 6.18. The molecule has 0 radical (unpaired) electrons. The van der Waals surface area contributed by atoms with E-state index in [1.54, 1.807) is 11.3 Å². The van der Waals surface area contributed by atoms with E-state index in [1.165, 1.54) is 15.3 Å². The summed E-state index contributed by atoms with van der Waals surface area (Å²) in [5.41, 5.74) is 0.522. The quantitative estimate of drug-likeness (QED) is 0.648. The van der Waals surface area contributed by atoms with E-state index in [0.29, 0.717) is 25.9 Å². The molecule has 2 N–H and O–H groups in total. The predicted octanol–water partition coefficient (Wildman–Crippen LogP) is 5.16. The van der Waals surface area contributed by atoms with Crippen molar-refractivity contribution in [3.05, 3.63) is 45.7 Å². The van der Waals surface area contributed by atoms with Gasteiger partial charge < -0.3 is 10.4 Å². The van der Waals surface area contributed by atoms with Crippen molar-refractivity contribution in [1.82, 2.24) is 5.32 Å². The normalized spacial score (nSPS) is 11.6. The maximum Gasteiger partial charge on any atom is 0.310 e. The van der Waals surface area contributed by atoms with Gasteiger partial charge in [-0.3, -0.25) is 4.79 Å². The summed E-state index contributed by atoms with van der Waals surface area (Å²) in [6.45, 7) is 5.08. The number of nitrogens with one attached hydrogen (secondary N) is 1. The molecule has 0 aliphatic carbocycles. The minimum absolute atomic E-state index is 0.498. The van der Waals surface area contributed by atoms with Crippen LogP contribution in [0.5, 0.6) is 0 Å². The Morgan fingerprint density at radius 2 is 1.91 bits per heavy atom. The van der Waals surface area contributed by atoms with Crippen LogP contribution in [0.1, 0.15) is 31.6 Å². The summed E-state index contributed by atoms with van der Waals surface area (Å²) < 4.78 is 1.09. The van der Waals surface area contributed by atoms with Crippen molar-refractivity contribution in [1.29, 1.82) is 0 Å². The summed E-state index contributed by atoms with van der Waals surface area (Å²) in [6, 6.07) is 12.4. The molecule has 0 atom stereocenters. The molecule has 2 rings (SSSR count). The predicted molar refractivity (Wildman–Crippen MR) is 99.8 cm³/mol. The van der Waals surface area contributed by atoms with Gasteiger partial charge in [0.1, 0.15) is 0 Å². The number of thiophene rings is 1. The summed E-state index contributed by atoms with van der Waals surface area (Å²) in [7, 11) is 0. The van der Waals surface area contributed by atoms with Crippen LogP contribution in [0.4, 0.5) is 0 Å². The molecule has 0 fully saturated rings. The van der Waals surface area contributed by atoms with E-state index in [-0.39, 0.29) is 0 Å². The Kier molecular flexibility index (Phi) is 6.39. The van der Waals surface area contributed by atoms with Crippen molar-refractivity contribution in [2.24, 2.45) is 5.41 Å². The molecule has 3 nitrogen and oxygen atoms in total. The van der Waals surface area contributed by atoms with Gasteiger partial charge in [-0.25, -0.2) is 0 Å². The Labute approximate surface area is 149 Å². The fourth-order valence-corrected chi connectivity index (χ4v) is 4.23. The molecule has 2 aromatic rings. The first-order valence-electron chi connectivity index (χ1n) is 7.80. The summed E-state index contributed by atoms with van der Waals surface area (Å²) in [6.07, 6.45) is 1.27. The monoisotopic (exact) mass is 395 g/mol. The van der Waals surface area contributed by atoms with Crippen molar-refractivity contribution in [2.45, 2.75) is 33.2 Å². The van der Waals surface area contributed by atoms with Crippen molar-refractivity contribution in [3.63, 3.8) is 0 Å². The Morgan fingerprint density at radius 3 is 2.52 bits per heavy atom. The second-order valence-corrected chi connectivity index (χ2v) is 7.66. The maximum atomic E-state index is 11.5. The number of benzene rings is 1. The van der Waals surface area contributed by atoms with Gasteiger partial charge in [-0.2, -0.15) is 0 Å². The van der Waals surface area contributed by atoms with Crippen molar-refractivity contribution in [3.8, 4) is 10.4 Å². The number of carbonyl (C=O) groups is 1. The van der Waals surface area contributed by atoms with Crippen LogP contribution >= 0.6 is 27.3 Å². The van der Waals surface area contributed by atoms with Crippen LogP contribution in [0.2, 0.25) is 0 Å². The number of hydrogen-bond donors (Lipinski definition) is 2. The van der Waals surface area contributed by atoms with Crippen molar-refractivity contribution >= 4 is 33.2 Å². The van der Waals surface area contributed by atoms with Crippen LogP contribution in [0.3, 0.4) is 0 Å². The van der Waals surface area contributed by atoms with E-state index in [0.717, 1.165) is 4.47 Å². The first kappa shape index (κ1) is 18.2. The summed E-state index contributed by atoms with van der Waals surface area (Å²) >= 11 is 5.32. The highest BCUT2D eigenvalue weighted by atomic mass is 79.9. The smallest absolute Gasteiger partial charge is 0.310 e. The van der Waals surface area contributed by atoms with Crippen LogP contribution in [0, 0.1) is 5.41 Å². The molecular weight excluding hydrogens is 374 g/mol. The lowest BCUT2D eigenvalue weighted by Crippen LogP contribution is -2.39. The number of rotatable bonds is 8. The van der Waals surface area contributed by atoms with E-state index >= 15 is 0 Å². The molecule has 1 aromatic carbocycles. The lowest BCUT2D eigenvalue weighted by molar-refractivity contribution is -0.149. The maximum absolute atomic E-state index is 11.5. The second kappa shape index (κ2) is 8.08. The number of carboxylic acid groups (broad SMARTS) is 1. The largest absolute Gasteiger partial charge is 0.481 e. The van der Waals surface area contributed by atoms with Gasteiger partial charge in [0.15, 0.2) is 0 Å². The molecule has 1 aromatic heterocycles. The Morgan fingerprint density at radius 1 is 1.22 bits per heavy atom. The van der Waals surface area contributed by atoms with E-state index in [4.69, 9.17) is 0 Å². The summed E-state index contributed by atoms with van der Waals surface area (Å²) in [4.78, 5) is 13.9. The highest BCUT2D eigenvalue weighted by Crippen LogP contribution is 2.33. The van der Waals surface area contributed by atoms with Gasteiger partial charge in [0, 0.05) is 32.9 Å². The number of hydrogen-bond acceptors (Lipinski definition) is 3. The molecular formula is C18H22BrNO2S. The van der Waals surface area contributed by atoms with Crippen molar-refractivity contribution < 1.29 is 9.90 Å². The highest BCUT2D eigenvalue weighted by Gasteiger charge is 2.34. The molecule has 0 bridgehead atoms. The highest BCUT2D eigenvalue weighted by molar-refractivity contribution is 9.10. The Balaban J connectivity index is 2.00.